The number of anilines is 1. The molecule has 7 nitrogen and oxygen atoms in total. The first-order valence-electron chi connectivity index (χ1n) is 12.3. The fourth-order valence-electron chi connectivity index (χ4n) is 4.73. The van der Waals surface area contributed by atoms with Gasteiger partial charge >= 0.3 is 0 Å². The van der Waals surface area contributed by atoms with Gasteiger partial charge in [0.25, 0.3) is 11.5 Å². The van der Waals surface area contributed by atoms with Crippen LogP contribution in [0.1, 0.15) is 42.5 Å². The topological polar surface area (TPSA) is 72.6 Å². The van der Waals surface area contributed by atoms with Crippen LogP contribution in [0.5, 0.6) is 0 Å². The van der Waals surface area contributed by atoms with Crippen molar-refractivity contribution < 1.29 is 4.79 Å². The molecule has 1 amide bonds. The lowest BCUT2D eigenvalue weighted by molar-refractivity contribution is -0.122. The van der Waals surface area contributed by atoms with E-state index in [0.29, 0.717) is 27.9 Å². The summed E-state index contributed by atoms with van der Waals surface area (Å²) in [5.41, 5.74) is 2.23. The van der Waals surface area contributed by atoms with Gasteiger partial charge in [0.1, 0.15) is 21.8 Å². The van der Waals surface area contributed by atoms with Crippen LogP contribution in [0, 0.1) is 18.3 Å². The fourth-order valence-corrected chi connectivity index (χ4v) is 5.96. The summed E-state index contributed by atoms with van der Waals surface area (Å²) in [5, 5.41) is 9.84. The largest absolute Gasteiger partial charge is 0.355 e. The molecule has 2 saturated heterocycles. The highest BCUT2D eigenvalue weighted by atomic mass is 32.2. The maximum Gasteiger partial charge on any atom is 0.270 e. The summed E-state index contributed by atoms with van der Waals surface area (Å²) in [5.74, 6) is 0.643. The summed E-state index contributed by atoms with van der Waals surface area (Å²) in [6, 6.07) is 11.9. The number of thiocarbonyl (C=S) groups is 1. The molecule has 9 heteroatoms. The van der Waals surface area contributed by atoms with Crippen LogP contribution in [0.25, 0.3) is 6.08 Å². The van der Waals surface area contributed by atoms with Crippen LogP contribution in [-0.4, -0.2) is 57.3 Å². The van der Waals surface area contributed by atoms with E-state index in [4.69, 9.17) is 12.2 Å². The molecule has 2 fully saturated rings. The molecule has 0 unspecified atom stereocenters. The molecule has 0 N–H and O–H groups in total. The molecule has 36 heavy (non-hydrogen) atoms. The molecule has 188 valence electrons. The zero-order chi connectivity index (χ0) is 25.8. The molecule has 0 radical (unpaired) electrons. The second-order valence-electron chi connectivity index (χ2n) is 8.98. The SMILES string of the molecule is CCCn1c(N2CCN(CC)CC2)c(/C=C2\SC(=S)N(Cc3ccccc3)C2=O)c(C)c(C#N)c1=O. The number of benzene rings is 1. The van der Waals surface area contributed by atoms with E-state index in [1.165, 1.54) is 11.8 Å². The molecule has 0 saturated carbocycles. The molecule has 1 aromatic carbocycles. The van der Waals surface area contributed by atoms with Gasteiger partial charge in [-0.2, -0.15) is 5.26 Å². The average Bonchev–Trinajstić information content (AvgIpc) is 3.15. The summed E-state index contributed by atoms with van der Waals surface area (Å²) in [7, 11) is 0. The van der Waals surface area contributed by atoms with E-state index >= 15 is 0 Å². The number of nitrogens with zero attached hydrogens (tertiary/aromatic N) is 5. The van der Waals surface area contributed by atoms with E-state index in [-0.39, 0.29) is 17.0 Å². The van der Waals surface area contributed by atoms with Crippen molar-refractivity contribution in [1.29, 1.82) is 5.26 Å². The molecule has 0 aliphatic carbocycles. The molecule has 0 bridgehead atoms. The molecule has 0 atom stereocenters. The van der Waals surface area contributed by atoms with Crippen LogP contribution in [-0.2, 0) is 17.9 Å². The van der Waals surface area contributed by atoms with Crippen molar-refractivity contribution in [2.45, 2.75) is 40.3 Å². The highest BCUT2D eigenvalue weighted by Gasteiger charge is 2.33. The van der Waals surface area contributed by atoms with E-state index in [9.17, 15) is 14.9 Å². The van der Waals surface area contributed by atoms with Crippen LogP contribution >= 0.6 is 24.0 Å². The normalized spacial score (nSPS) is 17.8. The van der Waals surface area contributed by atoms with E-state index in [1.807, 2.05) is 43.3 Å². The minimum absolute atomic E-state index is 0.130. The molecular weight excluding hydrogens is 490 g/mol. The van der Waals surface area contributed by atoms with Gasteiger partial charge in [0.2, 0.25) is 0 Å². The first kappa shape index (κ1) is 26.1. The van der Waals surface area contributed by atoms with Crippen LogP contribution in [0.2, 0.25) is 0 Å². The predicted octanol–water partition coefficient (Wildman–Crippen LogP) is 3.98. The summed E-state index contributed by atoms with van der Waals surface area (Å²) in [6.45, 7) is 11.2. The minimum Gasteiger partial charge on any atom is -0.355 e. The molecule has 0 spiro atoms. The Labute approximate surface area is 222 Å². The molecule has 2 aromatic rings. The van der Waals surface area contributed by atoms with Crippen LogP contribution < -0.4 is 10.5 Å². The second kappa shape index (κ2) is 11.4. The van der Waals surface area contributed by atoms with Gasteiger partial charge in [-0.15, -0.1) is 0 Å². The lowest BCUT2D eigenvalue weighted by Crippen LogP contribution is -2.48. The van der Waals surface area contributed by atoms with Crippen molar-refractivity contribution in [1.82, 2.24) is 14.4 Å². The molecule has 3 heterocycles. The van der Waals surface area contributed by atoms with Crippen LogP contribution in [0.4, 0.5) is 5.82 Å². The number of likely N-dealkylation sites (N-methyl/N-ethyl adjacent to an activating group) is 1. The first-order valence-corrected chi connectivity index (χ1v) is 13.6. The number of piperazine rings is 1. The van der Waals surface area contributed by atoms with Crippen molar-refractivity contribution >= 4 is 46.1 Å². The van der Waals surface area contributed by atoms with Gasteiger partial charge < -0.3 is 9.80 Å². The third kappa shape index (κ3) is 5.12. The van der Waals surface area contributed by atoms with Gasteiger partial charge in [-0.1, -0.05) is 68.2 Å². The zero-order valence-corrected chi connectivity index (χ0v) is 22.6. The monoisotopic (exact) mass is 521 g/mol. The van der Waals surface area contributed by atoms with Gasteiger partial charge in [0.15, 0.2) is 0 Å². The number of hydrogen-bond acceptors (Lipinski definition) is 7. The van der Waals surface area contributed by atoms with E-state index < -0.39 is 0 Å². The van der Waals surface area contributed by atoms with Gasteiger partial charge in [-0.05, 0) is 37.1 Å². The Hall–Kier alpha value is -2.93. The predicted molar refractivity (Wildman–Crippen MR) is 150 cm³/mol. The van der Waals surface area contributed by atoms with Crippen molar-refractivity contribution in [2.75, 3.05) is 37.6 Å². The first-order chi connectivity index (χ1) is 17.4. The number of thioether (sulfide) groups is 1. The number of carbonyl (C=O) groups is 1. The highest BCUT2D eigenvalue weighted by molar-refractivity contribution is 8.26. The number of aromatic nitrogens is 1. The molecule has 2 aliphatic heterocycles. The molecule has 2 aliphatic rings. The third-order valence-corrected chi connectivity index (χ3v) is 8.12. The molecular formula is C27H31N5O2S2. The Kier molecular flexibility index (Phi) is 8.29. The smallest absolute Gasteiger partial charge is 0.270 e. The van der Waals surface area contributed by atoms with Crippen LogP contribution in [0.15, 0.2) is 40.0 Å². The van der Waals surface area contributed by atoms with Gasteiger partial charge in [0.05, 0.1) is 11.4 Å². The number of rotatable bonds is 7. The number of hydrogen-bond donors (Lipinski definition) is 0. The Bertz CT molecular complexity index is 1290. The molecule has 1 aromatic heterocycles. The van der Waals surface area contributed by atoms with Crippen molar-refractivity contribution in [3.05, 3.63) is 67.8 Å². The van der Waals surface area contributed by atoms with Crippen molar-refractivity contribution in [3.63, 3.8) is 0 Å². The highest BCUT2D eigenvalue weighted by Crippen LogP contribution is 2.36. The Morgan fingerprint density at radius 1 is 1.11 bits per heavy atom. The summed E-state index contributed by atoms with van der Waals surface area (Å²) >= 11 is 6.84. The number of pyridine rings is 1. The summed E-state index contributed by atoms with van der Waals surface area (Å²) < 4.78 is 2.23. The quantitative estimate of drug-likeness (QED) is 0.403. The maximum absolute atomic E-state index is 13.4. The Balaban J connectivity index is 1.80. The minimum atomic E-state index is -0.265. The van der Waals surface area contributed by atoms with Gasteiger partial charge in [0, 0.05) is 38.3 Å². The number of carbonyl (C=O) groups excluding carboxylic acids is 1. The molecule has 4 rings (SSSR count). The maximum atomic E-state index is 13.4. The van der Waals surface area contributed by atoms with Gasteiger partial charge in [-0.25, -0.2) is 0 Å². The summed E-state index contributed by atoms with van der Waals surface area (Å²) in [6.07, 6.45) is 2.60. The number of amides is 1. The fraction of sp³-hybridized carbons (Fsp3) is 0.407. The van der Waals surface area contributed by atoms with E-state index in [0.717, 1.165) is 56.1 Å². The van der Waals surface area contributed by atoms with E-state index in [2.05, 4.69) is 22.8 Å². The van der Waals surface area contributed by atoms with E-state index in [1.54, 1.807) is 16.4 Å². The standard InChI is InChI=1S/C27H31N5O2S2/c1-4-11-31-24(30-14-12-29(5-2)13-15-30)21(19(3)22(17-28)25(31)33)16-23-26(34)32(27(35)36-23)18-20-9-7-6-8-10-20/h6-10,16H,4-5,11-15,18H2,1-3H3/b23-16-. The Morgan fingerprint density at radius 3 is 2.42 bits per heavy atom. The average molecular weight is 522 g/mol. The second-order valence-corrected chi connectivity index (χ2v) is 10.7. The zero-order valence-electron chi connectivity index (χ0n) is 21.0. The Morgan fingerprint density at radius 2 is 1.81 bits per heavy atom. The summed E-state index contributed by atoms with van der Waals surface area (Å²) in [4.78, 5) is 33.5. The lowest BCUT2D eigenvalue weighted by atomic mass is 10.0. The number of nitriles is 1. The van der Waals surface area contributed by atoms with Crippen molar-refractivity contribution in [3.8, 4) is 6.07 Å². The van der Waals surface area contributed by atoms with Crippen molar-refractivity contribution in [2.24, 2.45) is 0 Å². The van der Waals surface area contributed by atoms with Crippen LogP contribution in [0.3, 0.4) is 0 Å². The lowest BCUT2D eigenvalue weighted by Gasteiger charge is -2.37. The third-order valence-electron chi connectivity index (χ3n) is 6.75. The van der Waals surface area contributed by atoms with Gasteiger partial charge in [-0.3, -0.25) is 19.1 Å².